The molecule has 14 atom stereocenters. The van der Waals surface area contributed by atoms with Crippen molar-refractivity contribution in [3.05, 3.63) is 0 Å². The van der Waals surface area contributed by atoms with Crippen molar-refractivity contribution in [2.45, 2.75) is 180 Å². The largest absolute Gasteiger partial charge is 0.480 e. The van der Waals surface area contributed by atoms with E-state index < -0.39 is 163 Å². The molecular weight excluding hydrogens is 935 g/mol. The van der Waals surface area contributed by atoms with Gasteiger partial charge < -0.3 is 74.0 Å². The van der Waals surface area contributed by atoms with Gasteiger partial charge in [-0.25, -0.2) is 0 Å². The van der Waals surface area contributed by atoms with Gasteiger partial charge >= 0.3 is 5.97 Å². The average molecular weight is 1010 g/mol. The molecule has 0 radical (unpaired) electrons. The van der Waals surface area contributed by atoms with E-state index in [-0.39, 0.29) is 11.8 Å². The molecule has 26 heteroatoms. The quantitative estimate of drug-likeness (QED) is 0.0322. The van der Waals surface area contributed by atoms with Crippen LogP contribution in [0, 0.1) is 17.8 Å². The fourth-order valence-electron chi connectivity index (χ4n) is 7.28. The molecule has 15 N–H and O–H groups in total. The zero-order chi connectivity index (χ0) is 54.6. The number of aliphatic hydroxyl groups excluding tert-OH is 3. The number of aliphatic hydroxyl groups is 3. The Labute approximate surface area is 414 Å². The lowest BCUT2D eigenvalue weighted by atomic mass is 9.96. The number of primary amides is 1. The monoisotopic (exact) mass is 1010 g/mol. The molecule has 1 aliphatic heterocycles. The third-order valence-corrected chi connectivity index (χ3v) is 12.4. The van der Waals surface area contributed by atoms with Gasteiger partial charge in [0, 0.05) is 6.42 Å². The van der Waals surface area contributed by atoms with Crippen molar-refractivity contribution in [1.82, 2.24) is 52.8 Å². The summed E-state index contributed by atoms with van der Waals surface area (Å²) in [6, 6.07) is -13.8. The van der Waals surface area contributed by atoms with Crippen molar-refractivity contribution in [3.63, 3.8) is 0 Å². The van der Waals surface area contributed by atoms with Crippen molar-refractivity contribution >= 4 is 65.0 Å². The van der Waals surface area contributed by atoms with Crippen molar-refractivity contribution in [3.8, 4) is 0 Å². The average Bonchev–Trinajstić information content (AvgIpc) is 3.74. The number of hydrogen-bond acceptors (Lipinski definition) is 15. The maximum absolute atomic E-state index is 13.7. The predicted molar refractivity (Wildman–Crippen MR) is 255 cm³/mol. The van der Waals surface area contributed by atoms with Gasteiger partial charge in [-0.05, 0) is 78.3 Å². The van der Waals surface area contributed by atoms with E-state index in [0.29, 0.717) is 25.8 Å². The maximum atomic E-state index is 13.7. The number of carbonyl (C=O) groups excluding carboxylic acids is 10. The minimum atomic E-state index is -1.90. The first-order valence-corrected chi connectivity index (χ1v) is 23.9. The molecule has 0 spiro atoms. The van der Waals surface area contributed by atoms with E-state index in [2.05, 4.69) is 47.9 Å². The Hall–Kier alpha value is -5.99. The number of carboxylic acids is 1. The number of hydrogen-bond donors (Lipinski definition) is 14. The third kappa shape index (κ3) is 20.0. The summed E-state index contributed by atoms with van der Waals surface area (Å²) in [5.41, 5.74) is 5.32. The van der Waals surface area contributed by atoms with E-state index in [1.807, 2.05) is 11.8 Å². The van der Waals surface area contributed by atoms with E-state index >= 15 is 0 Å². The first-order chi connectivity index (χ1) is 33.0. The number of likely N-dealkylation sites (N-methyl/N-ethyl adjacent to an activating group) is 1. The van der Waals surface area contributed by atoms with E-state index in [1.54, 1.807) is 41.7 Å². The highest BCUT2D eigenvalue weighted by atomic mass is 16.4. The number of carboxylic acid groups (broad SMARTS) is 1. The van der Waals surface area contributed by atoms with Crippen LogP contribution in [0.5, 0.6) is 0 Å². The second kappa shape index (κ2) is 30.0. The normalized spacial score (nSPS) is 19.2. The molecule has 10 amide bonds. The molecule has 404 valence electrons. The van der Waals surface area contributed by atoms with Crippen LogP contribution in [0.4, 0.5) is 0 Å². The van der Waals surface area contributed by atoms with Crippen LogP contribution in [0.2, 0.25) is 0 Å². The molecule has 26 nitrogen and oxygen atoms in total. The van der Waals surface area contributed by atoms with E-state index in [1.165, 1.54) is 13.8 Å². The molecule has 1 heterocycles. The zero-order valence-corrected chi connectivity index (χ0v) is 42.6. The summed E-state index contributed by atoms with van der Waals surface area (Å²) < 4.78 is 0. The van der Waals surface area contributed by atoms with Crippen molar-refractivity contribution in [1.29, 1.82) is 0 Å². The van der Waals surface area contributed by atoms with Crippen LogP contribution in [0.15, 0.2) is 0 Å². The van der Waals surface area contributed by atoms with Gasteiger partial charge in [0.05, 0.1) is 24.9 Å². The number of amides is 10. The lowest BCUT2D eigenvalue weighted by Gasteiger charge is -2.30. The number of nitrogens with zero attached hydrogens (tertiary/aromatic N) is 1. The van der Waals surface area contributed by atoms with Gasteiger partial charge in [0.1, 0.15) is 54.4 Å². The predicted octanol–water partition coefficient (Wildman–Crippen LogP) is -4.66. The van der Waals surface area contributed by atoms with E-state index in [0.717, 1.165) is 20.3 Å². The van der Waals surface area contributed by atoms with Crippen molar-refractivity contribution < 1.29 is 73.2 Å². The molecule has 0 bridgehead atoms. The third-order valence-electron chi connectivity index (χ3n) is 12.4. The summed E-state index contributed by atoms with van der Waals surface area (Å²) in [5.74, 6) is -11.9. The summed E-state index contributed by atoms with van der Waals surface area (Å²) in [5, 5.41) is 62.1. The Balaban J connectivity index is 3.23. The van der Waals surface area contributed by atoms with Crippen molar-refractivity contribution in [2.75, 3.05) is 20.2 Å². The van der Waals surface area contributed by atoms with Gasteiger partial charge in [0.25, 0.3) is 0 Å². The Kier molecular flexibility index (Phi) is 26.6. The topological polar surface area (TPSA) is 406 Å². The molecule has 0 saturated carbocycles. The summed E-state index contributed by atoms with van der Waals surface area (Å²) in [6.45, 7) is 14.5. The van der Waals surface area contributed by atoms with Gasteiger partial charge in [0.15, 0.2) is 0 Å². The molecule has 0 aromatic carbocycles. The molecule has 1 aliphatic rings. The van der Waals surface area contributed by atoms with Crippen molar-refractivity contribution in [2.24, 2.45) is 23.5 Å². The second-order valence-electron chi connectivity index (χ2n) is 18.7. The van der Waals surface area contributed by atoms with Gasteiger partial charge in [0.2, 0.25) is 59.1 Å². The Morgan fingerprint density at radius 2 is 0.958 bits per heavy atom. The van der Waals surface area contributed by atoms with Crippen LogP contribution in [0.25, 0.3) is 0 Å². The molecule has 0 aliphatic carbocycles. The lowest BCUT2D eigenvalue weighted by molar-refractivity contribution is -0.142. The highest BCUT2D eigenvalue weighted by Gasteiger charge is 2.39. The fourth-order valence-corrected chi connectivity index (χ4v) is 7.28. The summed E-state index contributed by atoms with van der Waals surface area (Å²) in [6.07, 6.45) is -2.06. The molecular formula is C45H79N11O15. The van der Waals surface area contributed by atoms with Gasteiger partial charge in [-0.15, -0.1) is 0 Å². The van der Waals surface area contributed by atoms with Crippen LogP contribution in [-0.2, 0) is 52.7 Å². The van der Waals surface area contributed by atoms with E-state index in [9.17, 15) is 73.2 Å². The Morgan fingerprint density at radius 1 is 0.549 bits per heavy atom. The Morgan fingerprint density at radius 3 is 1.41 bits per heavy atom. The van der Waals surface area contributed by atoms with Crippen LogP contribution >= 0.6 is 0 Å². The summed E-state index contributed by atoms with van der Waals surface area (Å²) in [4.78, 5) is 146. The number of nitrogens with two attached hydrogens (primary N) is 1. The van der Waals surface area contributed by atoms with E-state index in [4.69, 9.17) is 5.73 Å². The minimum Gasteiger partial charge on any atom is -0.480 e. The maximum Gasteiger partial charge on any atom is 0.325 e. The van der Waals surface area contributed by atoms with Gasteiger partial charge in [-0.2, -0.15) is 0 Å². The Bertz CT molecular complexity index is 1890. The van der Waals surface area contributed by atoms with Crippen LogP contribution < -0.4 is 53.6 Å². The standard InChI is InChI=1S/C45H79N11O15/c1-12-21(5)32(41(66)48-24(8)45(70)71)52-36(61)23(7)47-43(68)34(25(9)58)55-44(69)35(26(10)59)54-37(62)27(16-17-30(46)60)49-38(63)28(19-57)50-40(65)31(20(3)4)51-42(67)33(22(6)13-2)53-39(64)29-15-14-18-56(29)11/h20-29,31-35,57-59H,12-19H2,1-11H3,(H2,46,60)(H,47,68)(H,48,66)(H,49,63)(H,50,65)(H,51,67)(H,52,61)(H,53,64)(H,54,62)(H,55,69)(H,70,71)/t21-,22-,23-,24-,25+,26+,27-,28-,29-,31-,32-,33-,34-,35-/m0/s1. The molecule has 71 heavy (non-hydrogen) atoms. The smallest absolute Gasteiger partial charge is 0.325 e. The number of aliphatic carboxylic acids is 1. The number of rotatable bonds is 30. The number of likely N-dealkylation sites (tertiary alicyclic amines) is 1. The van der Waals surface area contributed by atoms with Gasteiger partial charge in [-0.3, -0.25) is 57.6 Å². The molecule has 0 aromatic rings. The number of nitrogens with one attached hydrogen (secondary N) is 9. The molecule has 0 aromatic heterocycles. The fraction of sp³-hybridized carbons (Fsp3) is 0.756. The minimum absolute atomic E-state index is 0.335. The lowest BCUT2D eigenvalue weighted by Crippen LogP contribution is -2.63. The van der Waals surface area contributed by atoms with Crippen LogP contribution in [0.3, 0.4) is 0 Å². The second-order valence-corrected chi connectivity index (χ2v) is 18.7. The number of carbonyl (C=O) groups is 11. The summed E-state index contributed by atoms with van der Waals surface area (Å²) in [7, 11) is 1.81. The molecule has 1 saturated heterocycles. The van der Waals surface area contributed by atoms with Crippen LogP contribution in [0.1, 0.15) is 108 Å². The SMILES string of the molecule is CC[C@H](C)[C@H](NC(=O)[C@H](C)NC(=O)[C@@H](NC(=O)[C@@H](NC(=O)[C@H](CCC(N)=O)NC(=O)[C@H](CO)NC(=O)[C@@H](NC(=O)[C@@H](NC(=O)[C@@H]1CCCN1C)[C@@H](C)CC)C(C)C)[C@@H](C)O)[C@@H](C)O)C(=O)N[C@@H](C)C(=O)O. The highest BCUT2D eigenvalue weighted by molar-refractivity contribution is 5.99. The first kappa shape index (κ1) is 63.0. The zero-order valence-electron chi connectivity index (χ0n) is 42.6. The summed E-state index contributed by atoms with van der Waals surface area (Å²) >= 11 is 0. The van der Waals surface area contributed by atoms with Gasteiger partial charge in [-0.1, -0.05) is 54.4 Å². The molecule has 1 rings (SSSR count). The molecule has 0 unspecified atom stereocenters. The molecule has 1 fully saturated rings. The first-order valence-electron chi connectivity index (χ1n) is 23.9. The highest BCUT2D eigenvalue weighted by Crippen LogP contribution is 2.17. The van der Waals surface area contributed by atoms with Crippen LogP contribution in [-0.4, -0.2) is 183 Å².